The largest absolute Gasteiger partial charge is 0.338 e. The molecule has 1 aromatic heterocycles. The van der Waals surface area contributed by atoms with Crippen LogP contribution in [0.1, 0.15) is 19.2 Å². The van der Waals surface area contributed by atoms with Gasteiger partial charge >= 0.3 is 0 Å². The maximum atomic E-state index is 6.40. The Labute approximate surface area is 141 Å². The Kier molecular flexibility index (Phi) is 3.31. The van der Waals surface area contributed by atoms with Gasteiger partial charge in [0.15, 0.2) is 0 Å². The van der Waals surface area contributed by atoms with Crippen molar-refractivity contribution in [3.63, 3.8) is 0 Å². The molecule has 1 aliphatic carbocycles. The summed E-state index contributed by atoms with van der Waals surface area (Å²) in [7, 11) is 0. The molecule has 0 saturated carbocycles. The summed E-state index contributed by atoms with van der Waals surface area (Å²) < 4.78 is 1.02. The number of aromatic nitrogens is 2. The summed E-state index contributed by atoms with van der Waals surface area (Å²) in [4.78, 5) is 12.6. The van der Waals surface area contributed by atoms with Gasteiger partial charge in [-0.05, 0) is 43.2 Å². The maximum absolute atomic E-state index is 6.40. The van der Waals surface area contributed by atoms with Gasteiger partial charge in [0.1, 0.15) is 11.0 Å². The number of nitrogens with zero attached hydrogens (tertiary/aromatic N) is 2. The van der Waals surface area contributed by atoms with E-state index in [0.29, 0.717) is 5.17 Å². The number of nitrogens with one attached hydrogen (secondary N) is 1. The van der Waals surface area contributed by atoms with Gasteiger partial charge in [0.25, 0.3) is 0 Å². The first-order valence-corrected chi connectivity index (χ1v) is 8.26. The van der Waals surface area contributed by atoms with E-state index in [-0.39, 0.29) is 6.04 Å². The number of allylic oxidation sites excluding steroid dienone is 3. The molecule has 1 N–H and O–H groups in total. The topological polar surface area (TPSA) is 41.0 Å². The molecule has 0 amide bonds. The highest BCUT2D eigenvalue weighted by molar-refractivity contribution is 9.10. The van der Waals surface area contributed by atoms with Gasteiger partial charge in [-0.25, -0.2) is 4.98 Å². The minimum absolute atomic E-state index is 0.137. The zero-order valence-corrected chi connectivity index (χ0v) is 14.2. The van der Waals surface area contributed by atoms with Crippen molar-refractivity contribution in [2.24, 2.45) is 4.99 Å². The van der Waals surface area contributed by atoms with Crippen LogP contribution in [0.15, 0.2) is 57.0 Å². The predicted molar refractivity (Wildman–Crippen MR) is 95.3 cm³/mol. The molecule has 1 aliphatic heterocycles. The van der Waals surface area contributed by atoms with Crippen LogP contribution < -0.4 is 0 Å². The molecular weight excluding hydrogens is 362 g/mol. The highest BCUT2D eigenvalue weighted by atomic mass is 79.9. The van der Waals surface area contributed by atoms with Crippen molar-refractivity contribution in [2.75, 3.05) is 0 Å². The summed E-state index contributed by atoms with van der Waals surface area (Å²) in [5, 5.41) is 0.522. The van der Waals surface area contributed by atoms with Crippen LogP contribution in [0.25, 0.3) is 16.6 Å². The number of aliphatic imine (C=N–C) groups is 1. The molecule has 0 saturated heterocycles. The van der Waals surface area contributed by atoms with E-state index in [9.17, 15) is 0 Å². The monoisotopic (exact) mass is 373 g/mol. The molecule has 1 atom stereocenters. The molecule has 110 valence electrons. The Morgan fingerprint density at radius 2 is 2.18 bits per heavy atom. The van der Waals surface area contributed by atoms with Crippen LogP contribution in [0.5, 0.6) is 0 Å². The number of hydrogen-bond donors (Lipinski definition) is 1. The molecule has 5 heteroatoms. The number of hydrogen-bond acceptors (Lipinski definition) is 2. The Balaban J connectivity index is 1.82. The van der Waals surface area contributed by atoms with Gasteiger partial charge in [0.05, 0.1) is 22.6 Å². The Morgan fingerprint density at radius 1 is 1.32 bits per heavy atom. The van der Waals surface area contributed by atoms with Crippen molar-refractivity contribution in [3.05, 3.63) is 57.9 Å². The standard InChI is InChI=1S/C17H13BrClN3/c1-9-2-4-13-10(6-9)7-12(16(19)20-13)17-21-14-5-3-11(18)8-15(14)22-17/h2-3,5-8,13H,4H2,1H3,(H,21,22). The lowest BCUT2D eigenvalue weighted by atomic mass is 9.92. The van der Waals surface area contributed by atoms with Crippen molar-refractivity contribution >= 4 is 49.3 Å². The first-order valence-electron chi connectivity index (χ1n) is 7.09. The SMILES string of the molecule is CC1=CCC2N=C(Cl)C(c3nc4ccc(Br)cc4[nH]3)=CC2=C1. The van der Waals surface area contributed by atoms with E-state index in [2.05, 4.69) is 56.0 Å². The van der Waals surface area contributed by atoms with Crippen molar-refractivity contribution in [2.45, 2.75) is 19.4 Å². The fourth-order valence-corrected chi connectivity index (χ4v) is 3.45. The summed E-state index contributed by atoms with van der Waals surface area (Å²) in [6.07, 6.45) is 7.37. The molecule has 4 rings (SSSR count). The Hall–Kier alpha value is -1.65. The molecule has 2 aromatic rings. The average molecular weight is 375 g/mol. The van der Waals surface area contributed by atoms with E-state index in [1.165, 1.54) is 11.1 Å². The highest BCUT2D eigenvalue weighted by Gasteiger charge is 2.24. The normalized spacial score (nSPS) is 21.0. The molecule has 2 aliphatic rings. The van der Waals surface area contributed by atoms with Crippen LogP contribution in [-0.2, 0) is 0 Å². The summed E-state index contributed by atoms with van der Waals surface area (Å²) >= 11 is 9.87. The molecule has 0 radical (unpaired) electrons. The molecule has 22 heavy (non-hydrogen) atoms. The third kappa shape index (κ3) is 2.36. The lowest BCUT2D eigenvalue weighted by molar-refractivity contribution is 0.786. The molecule has 3 nitrogen and oxygen atoms in total. The van der Waals surface area contributed by atoms with E-state index in [4.69, 9.17) is 11.6 Å². The predicted octanol–water partition coefficient (Wildman–Crippen LogP) is 5.00. The number of benzene rings is 1. The lowest BCUT2D eigenvalue weighted by Crippen LogP contribution is -2.17. The second-order valence-electron chi connectivity index (χ2n) is 5.57. The molecule has 0 bridgehead atoms. The Morgan fingerprint density at radius 3 is 3.05 bits per heavy atom. The summed E-state index contributed by atoms with van der Waals surface area (Å²) in [6.45, 7) is 2.11. The van der Waals surface area contributed by atoms with Crippen LogP contribution in [-0.4, -0.2) is 21.2 Å². The Bertz CT molecular complexity index is 902. The number of halogens is 2. The van der Waals surface area contributed by atoms with Crippen LogP contribution in [0.4, 0.5) is 0 Å². The fraction of sp³-hybridized carbons (Fsp3) is 0.176. The minimum atomic E-state index is 0.137. The number of H-pyrrole nitrogens is 1. The third-order valence-electron chi connectivity index (χ3n) is 3.94. The number of dihydropyridines is 1. The summed E-state index contributed by atoms with van der Waals surface area (Å²) in [5.41, 5.74) is 5.21. The third-order valence-corrected chi connectivity index (χ3v) is 4.74. The molecule has 0 spiro atoms. The van der Waals surface area contributed by atoms with Crippen LogP contribution in [0.2, 0.25) is 0 Å². The zero-order valence-electron chi connectivity index (χ0n) is 11.9. The molecule has 1 unspecified atom stereocenters. The first kappa shape index (κ1) is 14.0. The fourth-order valence-electron chi connectivity index (χ4n) is 2.82. The summed E-state index contributed by atoms with van der Waals surface area (Å²) in [6, 6.07) is 6.10. The van der Waals surface area contributed by atoms with E-state index in [1.807, 2.05) is 18.2 Å². The van der Waals surface area contributed by atoms with Gasteiger partial charge in [-0.15, -0.1) is 0 Å². The van der Waals surface area contributed by atoms with Gasteiger partial charge in [-0.2, -0.15) is 0 Å². The number of imidazole rings is 1. The van der Waals surface area contributed by atoms with Crippen LogP contribution in [0, 0.1) is 0 Å². The van der Waals surface area contributed by atoms with Crippen LogP contribution >= 0.6 is 27.5 Å². The van der Waals surface area contributed by atoms with Crippen LogP contribution in [0.3, 0.4) is 0 Å². The lowest BCUT2D eigenvalue weighted by Gasteiger charge is -2.22. The van der Waals surface area contributed by atoms with Gasteiger partial charge in [-0.1, -0.05) is 45.3 Å². The van der Waals surface area contributed by atoms with Gasteiger partial charge < -0.3 is 4.98 Å². The second-order valence-corrected chi connectivity index (χ2v) is 6.84. The second kappa shape index (κ2) is 5.21. The van der Waals surface area contributed by atoms with Crippen molar-refractivity contribution in [1.82, 2.24) is 9.97 Å². The first-order chi connectivity index (χ1) is 10.6. The average Bonchev–Trinajstić information content (AvgIpc) is 2.89. The molecule has 2 heterocycles. The number of fused-ring (bicyclic) bond motifs is 2. The van der Waals surface area contributed by atoms with E-state index >= 15 is 0 Å². The van der Waals surface area contributed by atoms with Gasteiger partial charge in [-0.3, -0.25) is 4.99 Å². The summed E-state index contributed by atoms with van der Waals surface area (Å²) in [5.74, 6) is 0.758. The quantitative estimate of drug-likeness (QED) is 0.749. The van der Waals surface area contributed by atoms with Crippen molar-refractivity contribution in [3.8, 4) is 0 Å². The zero-order chi connectivity index (χ0) is 15.3. The van der Waals surface area contributed by atoms with E-state index in [0.717, 1.165) is 33.3 Å². The smallest absolute Gasteiger partial charge is 0.141 e. The van der Waals surface area contributed by atoms with Gasteiger partial charge in [0, 0.05) is 4.47 Å². The molecular formula is C17H13BrClN3. The maximum Gasteiger partial charge on any atom is 0.141 e. The molecule has 0 fully saturated rings. The van der Waals surface area contributed by atoms with E-state index < -0.39 is 0 Å². The highest BCUT2D eigenvalue weighted by Crippen LogP contribution is 2.32. The number of rotatable bonds is 1. The van der Waals surface area contributed by atoms with Crippen molar-refractivity contribution in [1.29, 1.82) is 0 Å². The minimum Gasteiger partial charge on any atom is -0.338 e. The number of aromatic amines is 1. The molecule has 1 aromatic carbocycles. The van der Waals surface area contributed by atoms with Crippen molar-refractivity contribution < 1.29 is 0 Å². The van der Waals surface area contributed by atoms with E-state index in [1.54, 1.807) is 0 Å². The van der Waals surface area contributed by atoms with Gasteiger partial charge in [0.2, 0.25) is 0 Å².